The molecule has 0 aliphatic rings. The van der Waals surface area contributed by atoms with Crippen molar-refractivity contribution in [3.8, 4) is 0 Å². The molecule has 112 valence electrons. The maximum atomic E-state index is 5.95. The Bertz CT molecular complexity index is 708. The molecule has 4 heteroatoms. The van der Waals surface area contributed by atoms with Crippen LogP contribution in [0.5, 0.6) is 0 Å². The largest absolute Gasteiger partial charge is 0.372 e. The molecule has 1 aromatic heterocycles. The summed E-state index contributed by atoms with van der Waals surface area (Å²) in [6.07, 6.45) is 4.46. The van der Waals surface area contributed by atoms with Crippen LogP contribution >= 0.6 is 11.6 Å². The van der Waals surface area contributed by atoms with Gasteiger partial charge < -0.3 is 9.72 Å². The Balaban J connectivity index is 1.51. The van der Waals surface area contributed by atoms with Gasteiger partial charge in [0.05, 0.1) is 25.2 Å². The van der Waals surface area contributed by atoms with Gasteiger partial charge in [-0.1, -0.05) is 48.0 Å². The highest BCUT2D eigenvalue weighted by Crippen LogP contribution is 2.13. The Morgan fingerprint density at radius 2 is 1.73 bits per heavy atom. The summed E-state index contributed by atoms with van der Waals surface area (Å²) < 4.78 is 5.73. The van der Waals surface area contributed by atoms with Crippen LogP contribution in [0.2, 0.25) is 5.02 Å². The highest BCUT2D eigenvalue weighted by Gasteiger charge is 2.00. The summed E-state index contributed by atoms with van der Waals surface area (Å²) >= 11 is 5.95. The van der Waals surface area contributed by atoms with Crippen LogP contribution in [0, 0.1) is 0 Å². The standard InChI is InChI=1S/C18H17ClN2O/c19-17-3-1-2-16(8-17)12-22-11-15-6-4-14(5-7-15)9-18-10-20-13-21-18/h1-8,10,13H,9,11-12H2,(H,20,21). The van der Waals surface area contributed by atoms with Gasteiger partial charge in [-0.2, -0.15) is 0 Å². The van der Waals surface area contributed by atoms with E-state index in [0.29, 0.717) is 13.2 Å². The minimum absolute atomic E-state index is 0.565. The number of halogens is 1. The molecule has 0 radical (unpaired) electrons. The Morgan fingerprint density at radius 1 is 0.955 bits per heavy atom. The van der Waals surface area contributed by atoms with E-state index in [2.05, 4.69) is 34.2 Å². The van der Waals surface area contributed by atoms with Gasteiger partial charge in [-0.15, -0.1) is 0 Å². The molecule has 0 atom stereocenters. The molecule has 0 saturated heterocycles. The zero-order valence-corrected chi connectivity index (χ0v) is 12.9. The lowest BCUT2D eigenvalue weighted by Crippen LogP contribution is -1.95. The number of nitrogens with zero attached hydrogens (tertiary/aromatic N) is 1. The van der Waals surface area contributed by atoms with Crippen LogP contribution in [0.4, 0.5) is 0 Å². The summed E-state index contributed by atoms with van der Waals surface area (Å²) in [5.74, 6) is 0. The minimum atomic E-state index is 0.565. The summed E-state index contributed by atoms with van der Waals surface area (Å²) in [5, 5.41) is 0.740. The van der Waals surface area contributed by atoms with Crippen molar-refractivity contribution in [3.05, 3.63) is 88.5 Å². The lowest BCUT2D eigenvalue weighted by Gasteiger charge is -2.06. The molecule has 0 amide bonds. The second kappa shape index (κ2) is 7.25. The second-order valence-electron chi connectivity index (χ2n) is 5.18. The van der Waals surface area contributed by atoms with Crippen LogP contribution in [0.25, 0.3) is 0 Å². The third kappa shape index (κ3) is 4.20. The van der Waals surface area contributed by atoms with E-state index in [1.807, 2.05) is 30.5 Å². The van der Waals surface area contributed by atoms with Crippen molar-refractivity contribution in [1.29, 1.82) is 0 Å². The number of hydrogen-bond donors (Lipinski definition) is 1. The first-order chi connectivity index (χ1) is 10.8. The van der Waals surface area contributed by atoms with Gasteiger partial charge in [0.1, 0.15) is 0 Å². The lowest BCUT2D eigenvalue weighted by atomic mass is 10.1. The summed E-state index contributed by atoms with van der Waals surface area (Å²) in [6.45, 7) is 1.16. The van der Waals surface area contributed by atoms with Crippen LogP contribution < -0.4 is 0 Å². The quantitative estimate of drug-likeness (QED) is 0.734. The van der Waals surface area contributed by atoms with Gasteiger partial charge >= 0.3 is 0 Å². The SMILES string of the molecule is Clc1cccc(COCc2ccc(Cc3c[nH]cn3)cc2)c1. The molecule has 0 aliphatic carbocycles. The van der Waals surface area contributed by atoms with E-state index in [-0.39, 0.29) is 0 Å². The fourth-order valence-corrected chi connectivity index (χ4v) is 2.48. The van der Waals surface area contributed by atoms with Crippen LogP contribution in [-0.2, 0) is 24.4 Å². The van der Waals surface area contributed by atoms with Crippen molar-refractivity contribution in [2.75, 3.05) is 0 Å². The fourth-order valence-electron chi connectivity index (χ4n) is 2.26. The smallest absolute Gasteiger partial charge is 0.0923 e. The van der Waals surface area contributed by atoms with E-state index in [1.54, 1.807) is 6.33 Å². The van der Waals surface area contributed by atoms with E-state index < -0.39 is 0 Å². The molecule has 3 aromatic rings. The monoisotopic (exact) mass is 312 g/mol. The number of aromatic amines is 1. The molecule has 22 heavy (non-hydrogen) atoms. The first-order valence-electron chi connectivity index (χ1n) is 7.17. The highest BCUT2D eigenvalue weighted by molar-refractivity contribution is 6.30. The molecule has 0 aliphatic heterocycles. The number of hydrogen-bond acceptors (Lipinski definition) is 2. The van der Waals surface area contributed by atoms with Crippen LogP contribution in [0.15, 0.2) is 61.1 Å². The predicted molar refractivity (Wildman–Crippen MR) is 87.8 cm³/mol. The third-order valence-corrected chi connectivity index (χ3v) is 3.62. The van der Waals surface area contributed by atoms with E-state index in [1.165, 1.54) is 5.56 Å². The van der Waals surface area contributed by atoms with Gasteiger partial charge in [0.2, 0.25) is 0 Å². The first-order valence-corrected chi connectivity index (χ1v) is 7.55. The number of aromatic nitrogens is 2. The maximum absolute atomic E-state index is 5.95. The average Bonchev–Trinajstić information content (AvgIpc) is 3.02. The molecule has 2 aromatic carbocycles. The van der Waals surface area contributed by atoms with Gasteiger partial charge in [-0.25, -0.2) is 4.98 Å². The summed E-state index contributed by atoms with van der Waals surface area (Å²) in [4.78, 5) is 7.20. The maximum Gasteiger partial charge on any atom is 0.0923 e. The van der Waals surface area contributed by atoms with Crippen molar-refractivity contribution < 1.29 is 4.74 Å². The van der Waals surface area contributed by atoms with E-state index in [0.717, 1.165) is 28.3 Å². The molecular formula is C18H17ClN2O. The van der Waals surface area contributed by atoms with Crippen LogP contribution in [-0.4, -0.2) is 9.97 Å². The molecule has 1 N–H and O–H groups in total. The van der Waals surface area contributed by atoms with Gasteiger partial charge in [-0.05, 0) is 28.8 Å². The van der Waals surface area contributed by atoms with Crippen LogP contribution in [0.1, 0.15) is 22.4 Å². The molecule has 3 rings (SSSR count). The van der Waals surface area contributed by atoms with Crippen molar-refractivity contribution in [2.45, 2.75) is 19.6 Å². The number of ether oxygens (including phenoxy) is 1. The highest BCUT2D eigenvalue weighted by atomic mass is 35.5. The van der Waals surface area contributed by atoms with Gasteiger partial charge in [0, 0.05) is 17.6 Å². The van der Waals surface area contributed by atoms with Gasteiger partial charge in [-0.3, -0.25) is 0 Å². The Labute approximate surface area is 134 Å². The number of rotatable bonds is 6. The molecular weight excluding hydrogens is 296 g/mol. The normalized spacial score (nSPS) is 10.8. The summed E-state index contributed by atoms with van der Waals surface area (Å²) in [5.41, 5.74) is 4.53. The van der Waals surface area contributed by atoms with Gasteiger partial charge in [0.25, 0.3) is 0 Å². The number of H-pyrrole nitrogens is 1. The summed E-state index contributed by atoms with van der Waals surface area (Å²) in [6, 6.07) is 16.2. The summed E-state index contributed by atoms with van der Waals surface area (Å²) in [7, 11) is 0. The third-order valence-electron chi connectivity index (χ3n) is 3.39. The van der Waals surface area contributed by atoms with Crippen molar-refractivity contribution in [1.82, 2.24) is 9.97 Å². The zero-order valence-electron chi connectivity index (χ0n) is 12.1. The number of benzene rings is 2. The molecule has 0 fully saturated rings. The van der Waals surface area contributed by atoms with Crippen LogP contribution in [0.3, 0.4) is 0 Å². The number of nitrogens with one attached hydrogen (secondary N) is 1. The Hall–Kier alpha value is -2.10. The van der Waals surface area contributed by atoms with Gasteiger partial charge in [0.15, 0.2) is 0 Å². The average molecular weight is 313 g/mol. The fraction of sp³-hybridized carbons (Fsp3) is 0.167. The van der Waals surface area contributed by atoms with E-state index >= 15 is 0 Å². The predicted octanol–water partition coefficient (Wildman–Crippen LogP) is 4.37. The van der Waals surface area contributed by atoms with E-state index in [4.69, 9.17) is 16.3 Å². The molecule has 0 saturated carbocycles. The zero-order chi connectivity index (χ0) is 15.2. The van der Waals surface area contributed by atoms with Crippen molar-refractivity contribution in [2.24, 2.45) is 0 Å². The molecule has 0 bridgehead atoms. The molecule has 3 nitrogen and oxygen atoms in total. The first kappa shape index (κ1) is 14.8. The number of imidazole rings is 1. The molecule has 0 spiro atoms. The second-order valence-corrected chi connectivity index (χ2v) is 5.61. The van der Waals surface area contributed by atoms with E-state index in [9.17, 15) is 0 Å². The molecule has 1 heterocycles. The Kier molecular flexibility index (Phi) is 4.88. The Morgan fingerprint density at radius 3 is 2.45 bits per heavy atom. The van der Waals surface area contributed by atoms with Crippen molar-refractivity contribution >= 4 is 11.6 Å². The van der Waals surface area contributed by atoms with Crippen molar-refractivity contribution in [3.63, 3.8) is 0 Å². The molecule has 0 unspecified atom stereocenters. The lowest BCUT2D eigenvalue weighted by molar-refractivity contribution is 0.107. The minimum Gasteiger partial charge on any atom is -0.372 e. The topological polar surface area (TPSA) is 37.9 Å².